The monoisotopic (exact) mass is 302 g/mol. The number of ether oxygens (including phenoxy) is 1. The summed E-state index contributed by atoms with van der Waals surface area (Å²) in [6.45, 7) is 3.58. The number of para-hydroxylation sites is 1. The Balaban J connectivity index is 2.40. The zero-order chi connectivity index (χ0) is 15.5. The van der Waals surface area contributed by atoms with Crippen molar-refractivity contribution >= 4 is 11.6 Å². The predicted molar refractivity (Wildman–Crippen MR) is 72.3 cm³/mol. The molecule has 4 nitrogen and oxygen atoms in total. The summed E-state index contributed by atoms with van der Waals surface area (Å²) in [7, 11) is 0. The average molecular weight is 302 g/mol. The number of rotatable bonds is 3. The van der Waals surface area contributed by atoms with Crippen LogP contribution < -0.4 is 5.32 Å². The standard InChI is InChI=1S/C14H17F3N2O2/c1-2-18-12-10(4-3-5-11(12)14(15,16)17)13(20)19-6-8-21-9-7-19/h3-5,18H,2,6-9H2,1H3. The molecule has 0 spiro atoms. The second kappa shape index (κ2) is 6.34. The van der Waals surface area contributed by atoms with Gasteiger partial charge < -0.3 is 15.0 Å². The van der Waals surface area contributed by atoms with Gasteiger partial charge >= 0.3 is 6.18 Å². The average Bonchev–Trinajstić information content (AvgIpc) is 2.47. The van der Waals surface area contributed by atoms with Gasteiger partial charge in [-0.15, -0.1) is 0 Å². The fraction of sp³-hybridized carbons (Fsp3) is 0.500. The lowest BCUT2D eigenvalue weighted by Crippen LogP contribution is -2.41. The number of morpholine rings is 1. The number of hydrogen-bond acceptors (Lipinski definition) is 3. The van der Waals surface area contributed by atoms with Crippen molar-refractivity contribution in [2.75, 3.05) is 38.2 Å². The number of halogens is 3. The van der Waals surface area contributed by atoms with Crippen LogP contribution in [0.2, 0.25) is 0 Å². The molecule has 0 radical (unpaired) electrons. The maximum atomic E-state index is 13.1. The third-order valence-electron chi connectivity index (χ3n) is 3.25. The van der Waals surface area contributed by atoms with Crippen LogP contribution in [0.5, 0.6) is 0 Å². The molecule has 1 aliphatic rings. The zero-order valence-corrected chi connectivity index (χ0v) is 11.7. The van der Waals surface area contributed by atoms with Gasteiger partial charge in [0.15, 0.2) is 0 Å². The Kier molecular flexibility index (Phi) is 4.72. The Hall–Kier alpha value is -1.76. The van der Waals surface area contributed by atoms with Crippen molar-refractivity contribution in [3.63, 3.8) is 0 Å². The van der Waals surface area contributed by atoms with E-state index >= 15 is 0 Å². The summed E-state index contributed by atoms with van der Waals surface area (Å²) in [4.78, 5) is 14.0. The highest BCUT2D eigenvalue weighted by Gasteiger charge is 2.35. The first kappa shape index (κ1) is 15.6. The molecular formula is C14H17F3N2O2. The van der Waals surface area contributed by atoms with E-state index in [9.17, 15) is 18.0 Å². The van der Waals surface area contributed by atoms with Crippen molar-refractivity contribution in [2.45, 2.75) is 13.1 Å². The number of carbonyl (C=O) groups is 1. The number of alkyl halides is 3. The minimum atomic E-state index is -4.50. The number of benzene rings is 1. The van der Waals surface area contributed by atoms with Crippen LogP contribution in [0, 0.1) is 0 Å². The predicted octanol–water partition coefficient (Wildman–Crippen LogP) is 2.61. The molecular weight excluding hydrogens is 285 g/mol. The topological polar surface area (TPSA) is 41.6 Å². The van der Waals surface area contributed by atoms with E-state index in [1.807, 2.05) is 0 Å². The smallest absolute Gasteiger partial charge is 0.384 e. The van der Waals surface area contributed by atoms with E-state index in [-0.39, 0.29) is 11.3 Å². The van der Waals surface area contributed by atoms with Crippen LogP contribution in [-0.4, -0.2) is 43.7 Å². The van der Waals surface area contributed by atoms with Crippen LogP contribution in [-0.2, 0) is 10.9 Å². The summed E-state index contributed by atoms with van der Waals surface area (Å²) in [6, 6.07) is 3.66. The van der Waals surface area contributed by atoms with Gasteiger partial charge in [-0.2, -0.15) is 13.2 Å². The summed E-state index contributed by atoms with van der Waals surface area (Å²) in [5.74, 6) is -0.402. The Morgan fingerprint density at radius 1 is 1.33 bits per heavy atom. The van der Waals surface area contributed by atoms with E-state index in [2.05, 4.69) is 5.32 Å². The van der Waals surface area contributed by atoms with Crippen LogP contribution >= 0.6 is 0 Å². The Morgan fingerprint density at radius 2 is 2.00 bits per heavy atom. The van der Waals surface area contributed by atoms with E-state index in [0.29, 0.717) is 32.8 Å². The highest BCUT2D eigenvalue weighted by molar-refractivity contribution is 6.00. The van der Waals surface area contributed by atoms with Crippen LogP contribution in [0.15, 0.2) is 18.2 Å². The number of anilines is 1. The Morgan fingerprint density at radius 3 is 2.57 bits per heavy atom. The quantitative estimate of drug-likeness (QED) is 0.933. The number of carbonyl (C=O) groups excluding carboxylic acids is 1. The van der Waals surface area contributed by atoms with E-state index in [4.69, 9.17) is 4.74 Å². The molecule has 0 saturated carbocycles. The van der Waals surface area contributed by atoms with Gasteiger partial charge in [-0.3, -0.25) is 4.79 Å². The minimum Gasteiger partial charge on any atom is -0.384 e. The normalized spacial score (nSPS) is 15.9. The van der Waals surface area contributed by atoms with E-state index < -0.39 is 17.6 Å². The molecule has 1 aromatic rings. The highest BCUT2D eigenvalue weighted by Crippen LogP contribution is 2.37. The van der Waals surface area contributed by atoms with Crippen molar-refractivity contribution in [2.24, 2.45) is 0 Å². The lowest BCUT2D eigenvalue weighted by Gasteiger charge is -2.28. The van der Waals surface area contributed by atoms with E-state index in [1.54, 1.807) is 6.92 Å². The lowest BCUT2D eigenvalue weighted by molar-refractivity contribution is -0.137. The highest BCUT2D eigenvalue weighted by atomic mass is 19.4. The van der Waals surface area contributed by atoms with Gasteiger partial charge in [0, 0.05) is 19.6 Å². The van der Waals surface area contributed by atoms with E-state index in [1.165, 1.54) is 17.0 Å². The molecule has 0 aromatic heterocycles. The number of hydrogen-bond donors (Lipinski definition) is 1. The van der Waals surface area contributed by atoms with Gasteiger partial charge in [0.1, 0.15) is 0 Å². The molecule has 21 heavy (non-hydrogen) atoms. The molecule has 2 rings (SSSR count). The SMILES string of the molecule is CCNc1c(C(=O)N2CCOCC2)cccc1C(F)(F)F. The molecule has 1 aliphatic heterocycles. The van der Waals surface area contributed by atoms with Gasteiger partial charge in [-0.1, -0.05) is 6.07 Å². The van der Waals surface area contributed by atoms with E-state index in [0.717, 1.165) is 6.07 Å². The maximum Gasteiger partial charge on any atom is 0.418 e. The number of nitrogens with one attached hydrogen (secondary N) is 1. The largest absolute Gasteiger partial charge is 0.418 e. The molecule has 1 heterocycles. The fourth-order valence-corrected chi connectivity index (χ4v) is 2.27. The fourth-order valence-electron chi connectivity index (χ4n) is 2.27. The molecule has 116 valence electrons. The summed E-state index contributed by atoms with van der Waals surface area (Å²) in [5, 5.41) is 2.67. The molecule has 0 unspecified atom stereocenters. The lowest BCUT2D eigenvalue weighted by atomic mass is 10.0. The molecule has 0 aliphatic carbocycles. The summed E-state index contributed by atoms with van der Waals surface area (Å²) in [5.41, 5.74) is -0.916. The second-order valence-corrected chi connectivity index (χ2v) is 4.66. The third kappa shape index (κ3) is 3.47. The molecule has 1 aromatic carbocycles. The van der Waals surface area contributed by atoms with Crippen molar-refractivity contribution in [3.05, 3.63) is 29.3 Å². The van der Waals surface area contributed by atoms with Crippen LogP contribution in [0.4, 0.5) is 18.9 Å². The first-order valence-corrected chi connectivity index (χ1v) is 6.76. The van der Waals surface area contributed by atoms with Crippen molar-refractivity contribution in [1.82, 2.24) is 4.90 Å². The van der Waals surface area contributed by atoms with Crippen LogP contribution in [0.1, 0.15) is 22.8 Å². The maximum absolute atomic E-state index is 13.1. The molecule has 7 heteroatoms. The number of nitrogens with zero attached hydrogens (tertiary/aromatic N) is 1. The second-order valence-electron chi connectivity index (χ2n) is 4.66. The van der Waals surface area contributed by atoms with Gasteiger partial charge in [0.2, 0.25) is 0 Å². The number of amides is 1. The molecule has 0 bridgehead atoms. The van der Waals surface area contributed by atoms with Gasteiger partial charge in [0.25, 0.3) is 5.91 Å². The first-order chi connectivity index (χ1) is 9.95. The van der Waals surface area contributed by atoms with Gasteiger partial charge in [0.05, 0.1) is 30.0 Å². The van der Waals surface area contributed by atoms with Gasteiger partial charge in [-0.05, 0) is 19.1 Å². The Bertz CT molecular complexity index is 511. The van der Waals surface area contributed by atoms with Gasteiger partial charge in [-0.25, -0.2) is 0 Å². The molecule has 1 fully saturated rings. The van der Waals surface area contributed by atoms with Crippen LogP contribution in [0.25, 0.3) is 0 Å². The Labute approximate surface area is 120 Å². The van der Waals surface area contributed by atoms with Crippen molar-refractivity contribution in [3.8, 4) is 0 Å². The third-order valence-corrected chi connectivity index (χ3v) is 3.25. The minimum absolute atomic E-state index is 0.0496. The summed E-state index contributed by atoms with van der Waals surface area (Å²) < 4.78 is 44.4. The molecule has 1 amide bonds. The van der Waals surface area contributed by atoms with Crippen molar-refractivity contribution < 1.29 is 22.7 Å². The van der Waals surface area contributed by atoms with Crippen molar-refractivity contribution in [1.29, 1.82) is 0 Å². The first-order valence-electron chi connectivity index (χ1n) is 6.76. The summed E-state index contributed by atoms with van der Waals surface area (Å²) in [6.07, 6.45) is -4.50. The molecule has 1 saturated heterocycles. The zero-order valence-electron chi connectivity index (χ0n) is 11.7. The summed E-state index contributed by atoms with van der Waals surface area (Å²) >= 11 is 0. The van der Waals surface area contributed by atoms with Crippen LogP contribution in [0.3, 0.4) is 0 Å². The molecule has 1 N–H and O–H groups in total. The molecule has 0 atom stereocenters.